The van der Waals surface area contributed by atoms with Gasteiger partial charge in [-0.15, -0.1) is 0 Å². The zero-order chi connectivity index (χ0) is 17.0. The van der Waals surface area contributed by atoms with Gasteiger partial charge in [-0.2, -0.15) is 0 Å². The van der Waals surface area contributed by atoms with Crippen molar-refractivity contribution >= 4 is 16.0 Å². The van der Waals surface area contributed by atoms with Crippen molar-refractivity contribution in [2.75, 3.05) is 13.7 Å². The third-order valence-corrected chi connectivity index (χ3v) is 6.37. The van der Waals surface area contributed by atoms with Gasteiger partial charge in [-0.25, -0.2) is 17.9 Å². The molecule has 1 aliphatic carbocycles. The molecule has 0 amide bonds. The second-order valence-corrected chi connectivity index (χ2v) is 8.12. The number of hydrogen-bond acceptors (Lipinski definition) is 5. The fourth-order valence-electron chi connectivity index (χ4n) is 3.27. The quantitative estimate of drug-likeness (QED) is 0.835. The second-order valence-electron chi connectivity index (χ2n) is 6.47. The average molecular weight is 341 g/mol. The van der Waals surface area contributed by atoms with Gasteiger partial charge in [-0.1, -0.05) is 0 Å². The van der Waals surface area contributed by atoms with E-state index >= 15 is 0 Å². The first-order valence-electron chi connectivity index (χ1n) is 7.22. The van der Waals surface area contributed by atoms with Crippen molar-refractivity contribution in [3.8, 4) is 5.75 Å². The van der Waals surface area contributed by atoms with Gasteiger partial charge in [0.15, 0.2) is 0 Å². The smallest absolute Gasteiger partial charge is 0.335 e. The molecule has 2 unspecified atom stereocenters. The summed E-state index contributed by atoms with van der Waals surface area (Å²) in [6.07, 6.45) is 0.708. The van der Waals surface area contributed by atoms with E-state index in [1.807, 2.05) is 13.8 Å². The second kappa shape index (κ2) is 4.93. The Hall–Kier alpha value is -1.64. The third-order valence-electron chi connectivity index (χ3n) is 4.84. The number of carbonyl (C=O) groups is 1. The molecule has 1 saturated carbocycles. The van der Waals surface area contributed by atoms with E-state index in [4.69, 9.17) is 14.6 Å². The van der Waals surface area contributed by atoms with Crippen LogP contribution >= 0.6 is 0 Å². The number of benzene rings is 1. The highest BCUT2D eigenvalue weighted by atomic mass is 32.2. The van der Waals surface area contributed by atoms with E-state index in [-0.39, 0.29) is 22.1 Å². The van der Waals surface area contributed by atoms with E-state index in [1.54, 1.807) is 0 Å². The van der Waals surface area contributed by atoms with Crippen LogP contribution in [0.2, 0.25) is 0 Å². The average Bonchev–Trinajstić information content (AvgIpc) is 3.12. The lowest BCUT2D eigenvalue weighted by Gasteiger charge is -2.31. The summed E-state index contributed by atoms with van der Waals surface area (Å²) in [4.78, 5) is 10.9. The molecular formula is C15H19NO6S. The Balaban J connectivity index is 2.01. The normalized spacial score (nSPS) is 28.2. The van der Waals surface area contributed by atoms with Crippen molar-refractivity contribution in [3.05, 3.63) is 23.8 Å². The number of carboxylic acids is 1. The topological polar surface area (TPSA) is 102 Å². The Bertz CT molecular complexity index is 772. The number of rotatable bonds is 5. The third kappa shape index (κ3) is 2.41. The molecule has 2 atom stereocenters. The van der Waals surface area contributed by atoms with Gasteiger partial charge >= 0.3 is 5.97 Å². The minimum Gasteiger partial charge on any atom is -0.495 e. The standard InChI is InChI=1S/C15H19NO6S/c1-14(2)15(7-10(15)8-22-14)16-23(19,20)12-6-9(13(17)18)4-5-11(12)21-3/h4-6,10,16H,7-8H2,1-3H3,(H,17,18). The van der Waals surface area contributed by atoms with Crippen molar-refractivity contribution in [1.29, 1.82) is 0 Å². The summed E-state index contributed by atoms with van der Waals surface area (Å²) in [6.45, 7) is 4.22. The minimum absolute atomic E-state index is 0.104. The lowest BCUT2D eigenvalue weighted by molar-refractivity contribution is -0.00471. The SMILES string of the molecule is COc1ccc(C(=O)O)cc1S(=O)(=O)NC12CC1COC2(C)C. The molecule has 0 spiro atoms. The number of nitrogens with one attached hydrogen (secondary N) is 1. The van der Waals surface area contributed by atoms with Gasteiger partial charge in [-0.3, -0.25) is 0 Å². The molecule has 1 heterocycles. The maximum absolute atomic E-state index is 12.8. The molecule has 126 valence electrons. The van der Waals surface area contributed by atoms with Crippen LogP contribution in [0.25, 0.3) is 0 Å². The molecule has 7 nitrogen and oxygen atoms in total. The van der Waals surface area contributed by atoms with Gasteiger partial charge in [-0.05, 0) is 38.5 Å². The summed E-state index contributed by atoms with van der Waals surface area (Å²) in [5.41, 5.74) is -1.36. The molecule has 0 aromatic heterocycles. The number of ether oxygens (including phenoxy) is 2. The number of sulfonamides is 1. The Kier molecular flexibility index (Phi) is 3.48. The molecule has 23 heavy (non-hydrogen) atoms. The Morgan fingerprint density at radius 1 is 1.43 bits per heavy atom. The lowest BCUT2D eigenvalue weighted by Crippen LogP contribution is -2.51. The van der Waals surface area contributed by atoms with Gasteiger partial charge in [0, 0.05) is 5.92 Å². The van der Waals surface area contributed by atoms with E-state index < -0.39 is 27.1 Å². The van der Waals surface area contributed by atoms with Gasteiger partial charge in [0.1, 0.15) is 10.6 Å². The van der Waals surface area contributed by atoms with E-state index in [1.165, 1.54) is 19.2 Å². The van der Waals surface area contributed by atoms with E-state index in [0.717, 1.165) is 6.07 Å². The maximum Gasteiger partial charge on any atom is 0.335 e. The summed E-state index contributed by atoms with van der Waals surface area (Å²) in [7, 11) is -2.61. The van der Waals surface area contributed by atoms with Crippen molar-refractivity contribution < 1.29 is 27.8 Å². The highest BCUT2D eigenvalue weighted by Crippen LogP contribution is 2.58. The van der Waals surface area contributed by atoms with Crippen molar-refractivity contribution in [2.24, 2.45) is 5.92 Å². The molecule has 2 N–H and O–H groups in total. The van der Waals surface area contributed by atoms with Gasteiger partial charge < -0.3 is 14.6 Å². The Labute approximate surface area is 134 Å². The summed E-state index contributed by atoms with van der Waals surface area (Å²) in [6, 6.07) is 3.76. The molecule has 0 radical (unpaired) electrons. The molecule has 3 rings (SSSR count). The van der Waals surface area contributed by atoms with Crippen LogP contribution in [0, 0.1) is 5.92 Å². The summed E-state index contributed by atoms with van der Waals surface area (Å²) < 4.78 is 39.1. The summed E-state index contributed by atoms with van der Waals surface area (Å²) >= 11 is 0. The molecule has 1 aliphatic heterocycles. The summed E-state index contributed by atoms with van der Waals surface area (Å²) in [5, 5.41) is 9.09. The maximum atomic E-state index is 12.8. The molecule has 1 aromatic carbocycles. The molecule has 2 fully saturated rings. The molecule has 2 aliphatic rings. The highest BCUT2D eigenvalue weighted by molar-refractivity contribution is 7.89. The van der Waals surface area contributed by atoms with E-state index in [0.29, 0.717) is 13.0 Å². The number of carboxylic acid groups (broad SMARTS) is 1. The number of fused-ring (bicyclic) bond motifs is 1. The molecule has 0 bridgehead atoms. The van der Waals surface area contributed by atoms with Crippen LogP contribution in [-0.2, 0) is 14.8 Å². The minimum atomic E-state index is -3.95. The Morgan fingerprint density at radius 2 is 2.13 bits per heavy atom. The zero-order valence-electron chi connectivity index (χ0n) is 13.1. The molecule has 1 saturated heterocycles. The van der Waals surface area contributed by atoms with Crippen molar-refractivity contribution in [2.45, 2.75) is 36.3 Å². The Morgan fingerprint density at radius 3 is 2.61 bits per heavy atom. The zero-order valence-corrected chi connectivity index (χ0v) is 13.9. The van der Waals surface area contributed by atoms with Gasteiger partial charge in [0.05, 0.1) is 30.4 Å². The predicted molar refractivity (Wildman–Crippen MR) is 81.1 cm³/mol. The number of hydrogen-bond donors (Lipinski definition) is 2. The van der Waals surface area contributed by atoms with Gasteiger partial charge in [0.2, 0.25) is 10.0 Å². The monoisotopic (exact) mass is 341 g/mol. The first kappa shape index (κ1) is 16.2. The van der Waals surface area contributed by atoms with Crippen LogP contribution in [-0.4, -0.2) is 44.4 Å². The highest BCUT2D eigenvalue weighted by Gasteiger charge is 2.70. The molecular weight excluding hydrogens is 322 g/mol. The fourth-order valence-corrected chi connectivity index (χ4v) is 5.05. The molecule has 8 heteroatoms. The van der Waals surface area contributed by atoms with Crippen LogP contribution in [0.5, 0.6) is 5.75 Å². The van der Waals surface area contributed by atoms with Crippen LogP contribution in [0.3, 0.4) is 0 Å². The number of aromatic carboxylic acids is 1. The van der Waals surface area contributed by atoms with E-state index in [2.05, 4.69) is 4.72 Å². The first-order valence-corrected chi connectivity index (χ1v) is 8.70. The van der Waals surface area contributed by atoms with Crippen LogP contribution in [0.15, 0.2) is 23.1 Å². The summed E-state index contributed by atoms with van der Waals surface area (Å²) in [5.74, 6) is -0.954. The predicted octanol–water partition coefficient (Wildman–Crippen LogP) is 1.24. The van der Waals surface area contributed by atoms with E-state index in [9.17, 15) is 13.2 Å². The molecule has 1 aromatic rings. The number of methoxy groups -OCH3 is 1. The van der Waals surface area contributed by atoms with Gasteiger partial charge in [0.25, 0.3) is 0 Å². The first-order chi connectivity index (χ1) is 10.6. The van der Waals surface area contributed by atoms with Crippen molar-refractivity contribution in [3.63, 3.8) is 0 Å². The van der Waals surface area contributed by atoms with Crippen LogP contribution < -0.4 is 9.46 Å². The lowest BCUT2D eigenvalue weighted by atomic mass is 9.97. The van der Waals surface area contributed by atoms with Crippen LogP contribution in [0.4, 0.5) is 0 Å². The van der Waals surface area contributed by atoms with Crippen LogP contribution in [0.1, 0.15) is 30.6 Å². The largest absolute Gasteiger partial charge is 0.495 e. The fraction of sp³-hybridized carbons (Fsp3) is 0.533. The van der Waals surface area contributed by atoms with Crippen molar-refractivity contribution in [1.82, 2.24) is 4.72 Å².